The van der Waals surface area contributed by atoms with Crippen molar-refractivity contribution in [3.05, 3.63) is 53.3 Å². The van der Waals surface area contributed by atoms with E-state index in [1.165, 1.54) is 38.5 Å². The molecule has 4 saturated carbocycles. The number of rotatable bonds is 4. The Kier molecular flexibility index (Phi) is 3.87. The Hall–Kier alpha value is -2.56. The van der Waals surface area contributed by atoms with Crippen molar-refractivity contribution < 1.29 is 14.3 Å². The summed E-state index contributed by atoms with van der Waals surface area (Å²) in [6.07, 6.45) is 9.83. The SMILES string of the molecule is O=C(NCc1ccc2c(c1)OCO2)c1ccnc(C23CC4CC(CC(C4)C2)C3)c1. The van der Waals surface area contributed by atoms with Gasteiger partial charge in [-0.3, -0.25) is 9.78 Å². The van der Waals surface area contributed by atoms with Gasteiger partial charge in [-0.05, 0) is 86.1 Å². The zero-order valence-corrected chi connectivity index (χ0v) is 16.5. The molecule has 4 bridgehead atoms. The molecule has 0 spiro atoms. The molecule has 1 amide bonds. The van der Waals surface area contributed by atoms with Gasteiger partial charge in [-0.25, -0.2) is 0 Å². The third kappa shape index (κ3) is 2.98. The summed E-state index contributed by atoms with van der Waals surface area (Å²) in [6, 6.07) is 9.67. The largest absolute Gasteiger partial charge is 0.454 e. The lowest BCUT2D eigenvalue weighted by Crippen LogP contribution is -2.49. The number of nitrogens with zero attached hydrogens (tertiary/aromatic N) is 1. The maximum absolute atomic E-state index is 12.8. The molecule has 4 aliphatic carbocycles. The lowest BCUT2D eigenvalue weighted by Gasteiger charge is -2.56. The highest BCUT2D eigenvalue weighted by atomic mass is 16.7. The van der Waals surface area contributed by atoms with Crippen molar-refractivity contribution in [3.8, 4) is 11.5 Å². The summed E-state index contributed by atoms with van der Waals surface area (Å²) in [7, 11) is 0. The fourth-order valence-electron chi connectivity index (χ4n) is 6.62. The molecule has 5 nitrogen and oxygen atoms in total. The first-order valence-electron chi connectivity index (χ1n) is 10.8. The summed E-state index contributed by atoms with van der Waals surface area (Å²) in [5.41, 5.74) is 3.07. The molecule has 4 fully saturated rings. The number of amides is 1. The number of hydrogen-bond donors (Lipinski definition) is 1. The zero-order chi connectivity index (χ0) is 19.4. The highest BCUT2D eigenvalue weighted by Crippen LogP contribution is 2.60. The van der Waals surface area contributed by atoms with Crippen molar-refractivity contribution in [2.24, 2.45) is 17.8 Å². The quantitative estimate of drug-likeness (QED) is 0.850. The van der Waals surface area contributed by atoms with E-state index in [0.717, 1.165) is 40.5 Å². The molecule has 5 aliphatic rings. The standard InChI is InChI=1S/C24H26N2O3/c27-23(26-13-15-1-2-20-21(8-15)29-14-28-20)19-3-4-25-22(9-19)24-10-16-5-17(11-24)7-18(6-16)12-24/h1-4,8-9,16-18H,5-7,10-14H2,(H,26,27). The van der Waals surface area contributed by atoms with Crippen LogP contribution in [-0.2, 0) is 12.0 Å². The fourth-order valence-corrected chi connectivity index (χ4v) is 6.62. The maximum atomic E-state index is 12.8. The summed E-state index contributed by atoms with van der Waals surface area (Å²) < 4.78 is 10.8. The van der Waals surface area contributed by atoms with Crippen molar-refractivity contribution in [1.29, 1.82) is 0 Å². The Bertz CT molecular complexity index is 935. The minimum absolute atomic E-state index is 0.0453. The van der Waals surface area contributed by atoms with Crippen molar-refractivity contribution in [3.63, 3.8) is 0 Å². The van der Waals surface area contributed by atoms with Crippen LogP contribution in [-0.4, -0.2) is 17.7 Å². The summed E-state index contributed by atoms with van der Waals surface area (Å²) in [5, 5.41) is 3.04. The topological polar surface area (TPSA) is 60.5 Å². The predicted octanol–water partition coefficient (Wildman–Crippen LogP) is 4.21. The number of aromatic nitrogens is 1. The van der Waals surface area contributed by atoms with Crippen molar-refractivity contribution in [2.75, 3.05) is 6.79 Å². The van der Waals surface area contributed by atoms with Gasteiger partial charge >= 0.3 is 0 Å². The predicted molar refractivity (Wildman–Crippen MR) is 108 cm³/mol. The van der Waals surface area contributed by atoms with Crippen LogP contribution in [0.2, 0.25) is 0 Å². The van der Waals surface area contributed by atoms with E-state index < -0.39 is 0 Å². The fraction of sp³-hybridized carbons (Fsp3) is 0.500. The van der Waals surface area contributed by atoms with Crippen LogP contribution in [0, 0.1) is 17.8 Å². The normalized spacial score (nSPS) is 31.1. The minimum atomic E-state index is -0.0453. The first-order valence-corrected chi connectivity index (χ1v) is 10.8. The van der Waals surface area contributed by atoms with Crippen LogP contribution in [0.15, 0.2) is 36.5 Å². The first-order chi connectivity index (χ1) is 14.2. The number of pyridine rings is 1. The van der Waals surface area contributed by atoms with Gasteiger partial charge in [-0.2, -0.15) is 0 Å². The van der Waals surface area contributed by atoms with Crippen molar-refractivity contribution in [1.82, 2.24) is 10.3 Å². The second-order valence-electron chi connectivity index (χ2n) is 9.50. The van der Waals surface area contributed by atoms with Gasteiger partial charge < -0.3 is 14.8 Å². The summed E-state index contributed by atoms with van der Waals surface area (Å²) in [4.78, 5) is 17.6. The number of ether oxygens (including phenoxy) is 2. The molecular weight excluding hydrogens is 364 g/mol. The van der Waals surface area contributed by atoms with Gasteiger partial charge in [0, 0.05) is 29.4 Å². The Morgan fingerprint density at radius 2 is 1.72 bits per heavy atom. The van der Waals surface area contributed by atoms with Gasteiger partial charge in [0.1, 0.15) is 0 Å². The molecule has 150 valence electrons. The molecule has 2 aromatic rings. The van der Waals surface area contributed by atoms with Gasteiger partial charge in [0.25, 0.3) is 5.91 Å². The number of carbonyl (C=O) groups is 1. The van der Waals surface area contributed by atoms with Crippen LogP contribution < -0.4 is 14.8 Å². The molecule has 5 heteroatoms. The van der Waals surface area contributed by atoms with Gasteiger partial charge in [0.15, 0.2) is 11.5 Å². The van der Waals surface area contributed by atoms with E-state index in [2.05, 4.69) is 11.4 Å². The van der Waals surface area contributed by atoms with E-state index in [4.69, 9.17) is 14.5 Å². The van der Waals surface area contributed by atoms with E-state index in [-0.39, 0.29) is 18.1 Å². The van der Waals surface area contributed by atoms with Crippen LogP contribution in [0.25, 0.3) is 0 Å². The molecule has 1 N–H and O–H groups in total. The lowest BCUT2D eigenvalue weighted by atomic mass is 9.48. The van der Waals surface area contributed by atoms with Gasteiger partial charge in [-0.1, -0.05) is 6.07 Å². The van der Waals surface area contributed by atoms with E-state index >= 15 is 0 Å². The molecule has 1 aliphatic heterocycles. The number of benzene rings is 1. The zero-order valence-electron chi connectivity index (χ0n) is 16.5. The Balaban J connectivity index is 1.19. The minimum Gasteiger partial charge on any atom is -0.454 e. The highest BCUT2D eigenvalue weighted by molar-refractivity contribution is 5.94. The van der Waals surface area contributed by atoms with Crippen LogP contribution in [0.1, 0.15) is 60.1 Å². The van der Waals surface area contributed by atoms with Crippen molar-refractivity contribution in [2.45, 2.75) is 50.5 Å². The van der Waals surface area contributed by atoms with Crippen LogP contribution in [0.4, 0.5) is 0 Å². The Morgan fingerprint density at radius 3 is 2.48 bits per heavy atom. The van der Waals surface area contributed by atoms with E-state index in [1.807, 2.05) is 30.5 Å². The molecule has 0 atom stereocenters. The van der Waals surface area contributed by atoms with Crippen LogP contribution in [0.5, 0.6) is 11.5 Å². The van der Waals surface area contributed by atoms with Crippen molar-refractivity contribution >= 4 is 5.91 Å². The van der Waals surface area contributed by atoms with Gasteiger partial charge in [0.05, 0.1) is 0 Å². The van der Waals surface area contributed by atoms with E-state index in [1.54, 1.807) is 0 Å². The maximum Gasteiger partial charge on any atom is 0.251 e. The van der Waals surface area contributed by atoms with E-state index in [0.29, 0.717) is 12.1 Å². The molecule has 0 radical (unpaired) electrons. The molecule has 0 saturated heterocycles. The molecule has 29 heavy (non-hydrogen) atoms. The van der Waals surface area contributed by atoms with Gasteiger partial charge in [0.2, 0.25) is 6.79 Å². The Morgan fingerprint density at radius 1 is 1.00 bits per heavy atom. The average molecular weight is 390 g/mol. The summed E-state index contributed by atoms with van der Waals surface area (Å²) in [5.74, 6) is 4.06. The third-order valence-electron chi connectivity index (χ3n) is 7.49. The van der Waals surface area contributed by atoms with Gasteiger partial charge in [-0.15, -0.1) is 0 Å². The number of carbonyl (C=O) groups excluding carboxylic acids is 1. The Labute approximate surface area is 170 Å². The smallest absolute Gasteiger partial charge is 0.251 e. The highest BCUT2D eigenvalue weighted by Gasteiger charge is 2.52. The van der Waals surface area contributed by atoms with Crippen LogP contribution >= 0.6 is 0 Å². The van der Waals surface area contributed by atoms with E-state index in [9.17, 15) is 4.79 Å². The third-order valence-corrected chi connectivity index (χ3v) is 7.49. The van der Waals surface area contributed by atoms with Crippen LogP contribution in [0.3, 0.4) is 0 Å². The summed E-state index contributed by atoms with van der Waals surface area (Å²) in [6.45, 7) is 0.722. The number of hydrogen-bond acceptors (Lipinski definition) is 4. The molecule has 1 aromatic heterocycles. The molecule has 0 unspecified atom stereocenters. The number of fused-ring (bicyclic) bond motifs is 1. The number of nitrogens with one attached hydrogen (secondary N) is 1. The second-order valence-corrected chi connectivity index (χ2v) is 9.50. The molecule has 2 heterocycles. The average Bonchev–Trinajstić information content (AvgIpc) is 3.19. The molecule has 7 rings (SSSR count). The monoisotopic (exact) mass is 390 g/mol. The summed E-state index contributed by atoms with van der Waals surface area (Å²) >= 11 is 0. The lowest BCUT2D eigenvalue weighted by molar-refractivity contribution is -0.00722. The second kappa shape index (κ2) is 6.48. The molecular formula is C24H26N2O3. The molecule has 1 aromatic carbocycles. The first kappa shape index (κ1) is 17.3.